The highest BCUT2D eigenvalue weighted by molar-refractivity contribution is 5.06. The average molecular weight is 168 g/mol. The van der Waals surface area contributed by atoms with E-state index in [1.807, 2.05) is 13.0 Å². The van der Waals surface area contributed by atoms with E-state index in [2.05, 4.69) is 19.1 Å². The maximum atomic E-state index is 9.45. The van der Waals surface area contributed by atoms with Crippen LogP contribution in [0.4, 0.5) is 0 Å². The molecule has 0 heterocycles. The minimum Gasteiger partial charge on any atom is -0.386 e. The third-order valence-corrected chi connectivity index (χ3v) is 1.54. The van der Waals surface area contributed by atoms with E-state index >= 15 is 0 Å². The van der Waals surface area contributed by atoms with E-state index in [-0.39, 0.29) is 0 Å². The minimum absolute atomic E-state index is 0.667. The van der Waals surface area contributed by atoms with Gasteiger partial charge in [-0.1, -0.05) is 23.8 Å². The van der Waals surface area contributed by atoms with E-state index in [9.17, 15) is 5.11 Å². The molecule has 0 fully saturated rings. The van der Waals surface area contributed by atoms with Crippen molar-refractivity contribution in [2.24, 2.45) is 0 Å². The van der Waals surface area contributed by atoms with Gasteiger partial charge < -0.3 is 5.11 Å². The molecule has 0 aliphatic heterocycles. The molecule has 1 N–H and O–H groups in total. The number of aliphatic hydroxyl groups is 1. The highest BCUT2D eigenvalue weighted by Gasteiger charge is 2.07. The summed E-state index contributed by atoms with van der Waals surface area (Å²) < 4.78 is 0. The second-order valence-corrected chi connectivity index (χ2v) is 3.75. The van der Waals surface area contributed by atoms with Gasteiger partial charge in [-0.05, 0) is 40.5 Å². The van der Waals surface area contributed by atoms with Crippen LogP contribution in [0.3, 0.4) is 0 Å². The Morgan fingerprint density at radius 2 is 2.00 bits per heavy atom. The predicted octanol–water partition coefficient (Wildman–Crippen LogP) is 3.06. The van der Waals surface area contributed by atoms with Crippen molar-refractivity contribution in [1.29, 1.82) is 0 Å². The molecule has 1 heteroatoms. The molecule has 0 aromatic heterocycles. The molecule has 0 spiro atoms. The standard InChI is InChI=1S/C11H20O/c1-5-6-7-8-10(2)9-11(3,4)12/h5-6,9,12H,7-8H2,1-4H3/b6-5+,10-9+. The highest BCUT2D eigenvalue weighted by Crippen LogP contribution is 2.11. The van der Waals surface area contributed by atoms with Crippen LogP contribution in [0.1, 0.15) is 40.5 Å². The summed E-state index contributed by atoms with van der Waals surface area (Å²) in [4.78, 5) is 0. The Balaban J connectivity index is 3.86. The number of allylic oxidation sites excluding steroid dienone is 3. The molecular weight excluding hydrogens is 148 g/mol. The Hall–Kier alpha value is -0.560. The van der Waals surface area contributed by atoms with Crippen LogP contribution in [0.5, 0.6) is 0 Å². The van der Waals surface area contributed by atoms with Crippen molar-refractivity contribution in [1.82, 2.24) is 0 Å². The normalized spacial score (nSPS) is 14.2. The van der Waals surface area contributed by atoms with E-state index in [1.165, 1.54) is 5.57 Å². The Kier molecular flexibility index (Phi) is 4.91. The fourth-order valence-corrected chi connectivity index (χ4v) is 1.15. The summed E-state index contributed by atoms with van der Waals surface area (Å²) in [7, 11) is 0. The molecule has 1 nitrogen and oxygen atoms in total. The molecule has 0 aromatic carbocycles. The van der Waals surface area contributed by atoms with Crippen LogP contribution in [0, 0.1) is 0 Å². The molecule has 0 aliphatic rings. The van der Waals surface area contributed by atoms with Gasteiger partial charge in [-0.3, -0.25) is 0 Å². The molecule has 0 saturated heterocycles. The minimum atomic E-state index is -0.667. The van der Waals surface area contributed by atoms with Crippen LogP contribution in [0.15, 0.2) is 23.8 Å². The smallest absolute Gasteiger partial charge is 0.0774 e. The summed E-state index contributed by atoms with van der Waals surface area (Å²) in [6.45, 7) is 7.68. The Labute approximate surface area is 75.8 Å². The van der Waals surface area contributed by atoms with Crippen LogP contribution in [-0.2, 0) is 0 Å². The van der Waals surface area contributed by atoms with Gasteiger partial charge in [0.15, 0.2) is 0 Å². The van der Waals surface area contributed by atoms with Crippen molar-refractivity contribution in [3.05, 3.63) is 23.8 Å². The Morgan fingerprint density at radius 1 is 1.42 bits per heavy atom. The van der Waals surface area contributed by atoms with Crippen LogP contribution >= 0.6 is 0 Å². The molecule has 0 unspecified atom stereocenters. The Morgan fingerprint density at radius 3 is 2.42 bits per heavy atom. The molecule has 0 aromatic rings. The fraction of sp³-hybridized carbons (Fsp3) is 0.636. The zero-order valence-electron chi connectivity index (χ0n) is 8.59. The highest BCUT2D eigenvalue weighted by atomic mass is 16.3. The monoisotopic (exact) mass is 168 g/mol. The van der Waals surface area contributed by atoms with E-state index < -0.39 is 5.60 Å². The first kappa shape index (κ1) is 11.4. The molecular formula is C11H20O. The van der Waals surface area contributed by atoms with E-state index in [4.69, 9.17) is 0 Å². The van der Waals surface area contributed by atoms with Gasteiger partial charge in [0.1, 0.15) is 0 Å². The first-order valence-corrected chi connectivity index (χ1v) is 4.47. The lowest BCUT2D eigenvalue weighted by Crippen LogP contribution is -2.14. The van der Waals surface area contributed by atoms with Crippen molar-refractivity contribution >= 4 is 0 Å². The molecule has 0 aliphatic carbocycles. The molecule has 0 atom stereocenters. The van der Waals surface area contributed by atoms with E-state index in [1.54, 1.807) is 13.8 Å². The lowest BCUT2D eigenvalue weighted by atomic mass is 10.0. The van der Waals surface area contributed by atoms with Crippen molar-refractivity contribution in [3.63, 3.8) is 0 Å². The number of hydrogen-bond acceptors (Lipinski definition) is 1. The van der Waals surface area contributed by atoms with Gasteiger partial charge in [-0.2, -0.15) is 0 Å². The molecule has 0 radical (unpaired) electrons. The predicted molar refractivity (Wildman–Crippen MR) is 54.1 cm³/mol. The first-order chi connectivity index (χ1) is 5.45. The fourth-order valence-electron chi connectivity index (χ4n) is 1.15. The summed E-state index contributed by atoms with van der Waals surface area (Å²) >= 11 is 0. The maximum Gasteiger partial charge on any atom is 0.0774 e. The first-order valence-electron chi connectivity index (χ1n) is 4.47. The third-order valence-electron chi connectivity index (χ3n) is 1.54. The molecule has 0 amide bonds. The number of rotatable bonds is 4. The van der Waals surface area contributed by atoms with Crippen LogP contribution in [0.25, 0.3) is 0 Å². The summed E-state index contributed by atoms with van der Waals surface area (Å²) in [6, 6.07) is 0. The van der Waals surface area contributed by atoms with Crippen molar-refractivity contribution in [3.8, 4) is 0 Å². The second kappa shape index (κ2) is 5.15. The van der Waals surface area contributed by atoms with Gasteiger partial charge in [0.05, 0.1) is 5.60 Å². The van der Waals surface area contributed by atoms with E-state index in [0.29, 0.717) is 0 Å². The third kappa shape index (κ3) is 7.55. The summed E-state index contributed by atoms with van der Waals surface area (Å²) in [6.07, 6.45) is 8.21. The largest absolute Gasteiger partial charge is 0.386 e. The van der Waals surface area contributed by atoms with Gasteiger partial charge in [0.2, 0.25) is 0 Å². The molecule has 12 heavy (non-hydrogen) atoms. The van der Waals surface area contributed by atoms with Crippen LogP contribution in [0.2, 0.25) is 0 Å². The van der Waals surface area contributed by atoms with Gasteiger partial charge in [-0.25, -0.2) is 0 Å². The molecule has 70 valence electrons. The SMILES string of the molecule is C/C=C/CC/C(C)=C/C(C)(C)O. The van der Waals surface area contributed by atoms with Gasteiger partial charge >= 0.3 is 0 Å². The van der Waals surface area contributed by atoms with Gasteiger partial charge in [-0.15, -0.1) is 0 Å². The van der Waals surface area contributed by atoms with Crippen molar-refractivity contribution < 1.29 is 5.11 Å². The molecule has 0 rings (SSSR count). The van der Waals surface area contributed by atoms with Crippen LogP contribution in [-0.4, -0.2) is 10.7 Å². The van der Waals surface area contributed by atoms with E-state index in [0.717, 1.165) is 12.8 Å². The van der Waals surface area contributed by atoms with Crippen LogP contribution < -0.4 is 0 Å². The maximum absolute atomic E-state index is 9.45. The molecule has 0 saturated carbocycles. The van der Waals surface area contributed by atoms with Gasteiger partial charge in [0, 0.05) is 0 Å². The Bertz CT molecular complexity index is 170. The van der Waals surface area contributed by atoms with Crippen molar-refractivity contribution in [2.75, 3.05) is 0 Å². The van der Waals surface area contributed by atoms with Gasteiger partial charge in [0.25, 0.3) is 0 Å². The zero-order chi connectivity index (χ0) is 9.61. The summed E-state index contributed by atoms with van der Waals surface area (Å²) in [5, 5.41) is 9.45. The number of hydrogen-bond donors (Lipinski definition) is 1. The zero-order valence-corrected chi connectivity index (χ0v) is 8.59. The summed E-state index contributed by atoms with van der Waals surface area (Å²) in [5.74, 6) is 0. The van der Waals surface area contributed by atoms with Crippen molar-refractivity contribution in [2.45, 2.75) is 46.1 Å². The molecule has 0 bridgehead atoms. The summed E-state index contributed by atoms with van der Waals surface area (Å²) in [5.41, 5.74) is 0.584. The topological polar surface area (TPSA) is 20.2 Å². The second-order valence-electron chi connectivity index (χ2n) is 3.75. The quantitative estimate of drug-likeness (QED) is 0.640. The average Bonchev–Trinajstić information content (AvgIpc) is 1.84. The lowest BCUT2D eigenvalue weighted by molar-refractivity contribution is 0.132. The lowest BCUT2D eigenvalue weighted by Gasteiger charge is -2.12.